The van der Waals surface area contributed by atoms with Gasteiger partial charge in [-0.2, -0.15) is 0 Å². The number of oxazole rings is 1. The summed E-state index contributed by atoms with van der Waals surface area (Å²) in [4.78, 5) is 9.28. The zero-order valence-corrected chi connectivity index (χ0v) is 9.35. The first-order chi connectivity index (χ1) is 6.31. The van der Waals surface area contributed by atoms with Crippen molar-refractivity contribution >= 4 is 27.3 Å². The average Bonchev–Trinajstić information content (AvgIpc) is 2.71. The largest absolute Gasteiger partial charge is 0.442 e. The minimum atomic E-state index is 0.704. The lowest BCUT2D eigenvalue weighted by Gasteiger charge is -1.90. The molecular weight excluding hydrogens is 252 g/mol. The van der Waals surface area contributed by atoms with Crippen LogP contribution in [-0.2, 0) is 5.33 Å². The highest BCUT2D eigenvalue weighted by Crippen LogP contribution is 2.29. The first kappa shape index (κ1) is 8.90. The van der Waals surface area contributed by atoms with E-state index >= 15 is 0 Å². The Morgan fingerprint density at radius 2 is 2.38 bits per heavy atom. The van der Waals surface area contributed by atoms with Crippen molar-refractivity contribution in [1.29, 1.82) is 0 Å². The summed E-state index contributed by atoms with van der Waals surface area (Å²) in [6, 6.07) is 0. The Labute approximate surface area is 88.0 Å². The fourth-order valence-electron chi connectivity index (χ4n) is 1.03. The molecule has 0 saturated carbocycles. The Hall–Kier alpha value is -0.680. The van der Waals surface area contributed by atoms with E-state index < -0.39 is 0 Å². The SMILES string of the molecule is Cc1ncc(-c2ocnc2CBr)s1. The van der Waals surface area contributed by atoms with Crippen molar-refractivity contribution in [3.63, 3.8) is 0 Å². The maximum absolute atomic E-state index is 5.28. The van der Waals surface area contributed by atoms with Crippen molar-refractivity contribution in [2.45, 2.75) is 12.3 Å². The lowest BCUT2D eigenvalue weighted by molar-refractivity contribution is 0.572. The summed E-state index contributed by atoms with van der Waals surface area (Å²) < 4.78 is 5.28. The summed E-state index contributed by atoms with van der Waals surface area (Å²) in [7, 11) is 0. The molecule has 5 heteroatoms. The molecule has 2 heterocycles. The first-order valence-electron chi connectivity index (χ1n) is 3.72. The molecule has 0 spiro atoms. The van der Waals surface area contributed by atoms with Crippen LogP contribution < -0.4 is 0 Å². The standard InChI is InChI=1S/C8H7BrN2OS/c1-5-10-3-7(13-5)8-6(2-9)11-4-12-8/h3-4H,2H2,1H3. The topological polar surface area (TPSA) is 38.9 Å². The second-order valence-corrected chi connectivity index (χ2v) is 4.30. The number of halogens is 1. The van der Waals surface area contributed by atoms with E-state index in [1.165, 1.54) is 6.39 Å². The molecule has 0 aliphatic carbocycles. The van der Waals surface area contributed by atoms with Crippen LogP contribution in [-0.4, -0.2) is 9.97 Å². The summed E-state index contributed by atoms with van der Waals surface area (Å²) >= 11 is 4.96. The zero-order chi connectivity index (χ0) is 9.26. The van der Waals surface area contributed by atoms with E-state index in [1.54, 1.807) is 11.3 Å². The van der Waals surface area contributed by atoms with Crippen LogP contribution in [0.1, 0.15) is 10.7 Å². The maximum atomic E-state index is 5.28. The highest BCUT2D eigenvalue weighted by molar-refractivity contribution is 9.08. The van der Waals surface area contributed by atoms with Gasteiger partial charge in [-0.05, 0) is 6.92 Å². The van der Waals surface area contributed by atoms with E-state index in [1.807, 2.05) is 13.1 Å². The minimum absolute atomic E-state index is 0.704. The zero-order valence-electron chi connectivity index (χ0n) is 6.95. The summed E-state index contributed by atoms with van der Waals surface area (Å²) in [5, 5.41) is 1.74. The minimum Gasteiger partial charge on any atom is -0.442 e. The van der Waals surface area contributed by atoms with E-state index in [-0.39, 0.29) is 0 Å². The lowest BCUT2D eigenvalue weighted by Crippen LogP contribution is -1.78. The summed E-state index contributed by atoms with van der Waals surface area (Å²) in [6.07, 6.45) is 3.27. The van der Waals surface area contributed by atoms with E-state index in [4.69, 9.17) is 4.42 Å². The van der Waals surface area contributed by atoms with Crippen molar-refractivity contribution in [3.8, 4) is 10.6 Å². The van der Waals surface area contributed by atoms with Crippen molar-refractivity contribution in [1.82, 2.24) is 9.97 Å². The Bertz CT molecular complexity index is 410. The van der Waals surface area contributed by atoms with Crippen LogP contribution in [0.4, 0.5) is 0 Å². The quantitative estimate of drug-likeness (QED) is 0.778. The van der Waals surface area contributed by atoms with Crippen LogP contribution in [0, 0.1) is 6.92 Å². The molecule has 2 aromatic rings. The molecule has 0 saturated heterocycles. The highest BCUT2D eigenvalue weighted by Gasteiger charge is 2.11. The smallest absolute Gasteiger partial charge is 0.181 e. The second-order valence-electron chi connectivity index (χ2n) is 2.51. The van der Waals surface area contributed by atoms with Gasteiger partial charge >= 0.3 is 0 Å². The van der Waals surface area contributed by atoms with E-state index in [0.29, 0.717) is 5.33 Å². The first-order valence-corrected chi connectivity index (χ1v) is 5.66. The van der Waals surface area contributed by atoms with E-state index in [2.05, 4.69) is 25.9 Å². The van der Waals surface area contributed by atoms with Gasteiger partial charge in [0.1, 0.15) is 0 Å². The molecule has 0 aliphatic rings. The number of nitrogens with zero attached hydrogens (tertiary/aromatic N) is 2. The molecule has 0 aromatic carbocycles. The number of hydrogen-bond acceptors (Lipinski definition) is 4. The predicted molar refractivity (Wildman–Crippen MR) is 55.0 cm³/mol. The van der Waals surface area contributed by atoms with Crippen molar-refractivity contribution in [3.05, 3.63) is 23.3 Å². The molecule has 0 fully saturated rings. The van der Waals surface area contributed by atoms with Gasteiger partial charge in [-0.3, -0.25) is 0 Å². The predicted octanol–water partition coefficient (Wildman–Crippen LogP) is 3.00. The van der Waals surface area contributed by atoms with Crippen LogP contribution in [0.3, 0.4) is 0 Å². The van der Waals surface area contributed by atoms with Gasteiger partial charge in [0, 0.05) is 11.5 Å². The monoisotopic (exact) mass is 258 g/mol. The number of thiazole rings is 1. The van der Waals surface area contributed by atoms with Gasteiger partial charge in [0.15, 0.2) is 12.2 Å². The Morgan fingerprint density at radius 3 is 3.00 bits per heavy atom. The van der Waals surface area contributed by atoms with Gasteiger partial charge in [-0.15, -0.1) is 11.3 Å². The van der Waals surface area contributed by atoms with Gasteiger partial charge < -0.3 is 4.42 Å². The van der Waals surface area contributed by atoms with Gasteiger partial charge in [0.2, 0.25) is 0 Å². The number of aryl methyl sites for hydroxylation is 1. The Balaban J connectivity index is 2.45. The second kappa shape index (κ2) is 3.59. The maximum Gasteiger partial charge on any atom is 0.181 e. The molecule has 0 bridgehead atoms. The van der Waals surface area contributed by atoms with Gasteiger partial charge in [0.05, 0.1) is 15.6 Å². The molecule has 0 atom stereocenters. The molecule has 68 valence electrons. The Morgan fingerprint density at radius 1 is 1.54 bits per heavy atom. The van der Waals surface area contributed by atoms with E-state index in [9.17, 15) is 0 Å². The average molecular weight is 259 g/mol. The third-order valence-corrected chi connectivity index (χ3v) is 3.06. The summed E-state index contributed by atoms with van der Waals surface area (Å²) in [6.45, 7) is 1.97. The Kier molecular flexibility index (Phi) is 2.46. The lowest BCUT2D eigenvalue weighted by atomic mass is 10.3. The van der Waals surface area contributed by atoms with Crippen LogP contribution in [0.5, 0.6) is 0 Å². The van der Waals surface area contributed by atoms with Crippen LogP contribution in [0.2, 0.25) is 0 Å². The van der Waals surface area contributed by atoms with Crippen LogP contribution >= 0.6 is 27.3 Å². The molecule has 2 aromatic heterocycles. The van der Waals surface area contributed by atoms with Crippen molar-refractivity contribution < 1.29 is 4.42 Å². The number of alkyl halides is 1. The molecule has 13 heavy (non-hydrogen) atoms. The molecular formula is C8H7BrN2OS. The molecule has 2 rings (SSSR count). The highest BCUT2D eigenvalue weighted by atomic mass is 79.9. The number of rotatable bonds is 2. The van der Waals surface area contributed by atoms with Gasteiger partial charge in [-0.25, -0.2) is 9.97 Å². The van der Waals surface area contributed by atoms with Gasteiger partial charge in [0.25, 0.3) is 0 Å². The van der Waals surface area contributed by atoms with Crippen molar-refractivity contribution in [2.24, 2.45) is 0 Å². The summed E-state index contributed by atoms with van der Waals surface area (Å²) in [5.41, 5.74) is 0.920. The molecule has 0 N–H and O–H groups in total. The fraction of sp³-hybridized carbons (Fsp3) is 0.250. The molecule has 0 unspecified atom stereocenters. The third-order valence-electron chi connectivity index (χ3n) is 1.61. The molecule has 3 nitrogen and oxygen atoms in total. The van der Waals surface area contributed by atoms with Crippen molar-refractivity contribution in [2.75, 3.05) is 0 Å². The normalized spacial score (nSPS) is 10.6. The summed E-state index contributed by atoms with van der Waals surface area (Å²) in [5.74, 6) is 0.822. The third kappa shape index (κ3) is 1.66. The molecule has 0 amide bonds. The number of hydrogen-bond donors (Lipinski definition) is 0. The van der Waals surface area contributed by atoms with Crippen LogP contribution in [0.15, 0.2) is 17.0 Å². The van der Waals surface area contributed by atoms with Crippen LogP contribution in [0.25, 0.3) is 10.6 Å². The molecule has 0 radical (unpaired) electrons. The number of aromatic nitrogens is 2. The molecule has 0 aliphatic heterocycles. The van der Waals surface area contributed by atoms with Gasteiger partial charge in [-0.1, -0.05) is 15.9 Å². The van der Waals surface area contributed by atoms with E-state index in [0.717, 1.165) is 21.3 Å². The fourth-order valence-corrected chi connectivity index (χ4v) is 2.22.